The summed E-state index contributed by atoms with van der Waals surface area (Å²) in [5, 5.41) is 0. The molecule has 0 aliphatic carbocycles. The fourth-order valence-electron chi connectivity index (χ4n) is 2.74. The van der Waals surface area contributed by atoms with E-state index in [0.717, 1.165) is 24.9 Å². The molecule has 1 aromatic rings. The Kier molecular flexibility index (Phi) is 5.31. The van der Waals surface area contributed by atoms with E-state index < -0.39 is 6.61 Å². The molecule has 1 fully saturated rings. The number of alkyl halides is 2. The summed E-state index contributed by atoms with van der Waals surface area (Å²) in [5.41, 5.74) is 6.55. The van der Waals surface area contributed by atoms with Crippen LogP contribution in [0.4, 0.5) is 8.78 Å². The second kappa shape index (κ2) is 6.99. The van der Waals surface area contributed by atoms with Crippen molar-refractivity contribution in [1.29, 1.82) is 0 Å². The van der Waals surface area contributed by atoms with Crippen LogP contribution in [0.15, 0.2) is 24.3 Å². The largest absolute Gasteiger partial charge is 0.434 e. The summed E-state index contributed by atoms with van der Waals surface area (Å²) < 4.78 is 29.4. The van der Waals surface area contributed by atoms with E-state index in [1.807, 2.05) is 12.1 Å². The first-order chi connectivity index (χ1) is 9.60. The molecule has 1 aliphatic rings. The zero-order chi connectivity index (χ0) is 14.5. The molecule has 0 bridgehead atoms. The molecule has 1 aliphatic heterocycles. The Morgan fingerprint density at radius 3 is 2.80 bits per heavy atom. The summed E-state index contributed by atoms with van der Waals surface area (Å²) in [7, 11) is 0. The Labute approximate surface area is 118 Å². The second-order valence-corrected chi connectivity index (χ2v) is 5.44. The SMILES string of the molecule is CC1CCC(CN)CN1Cc1ccccc1OC(F)F. The Morgan fingerprint density at radius 2 is 2.10 bits per heavy atom. The van der Waals surface area contributed by atoms with E-state index >= 15 is 0 Å². The van der Waals surface area contributed by atoms with Crippen molar-refractivity contribution in [2.75, 3.05) is 13.1 Å². The Bertz CT molecular complexity index is 428. The summed E-state index contributed by atoms with van der Waals surface area (Å²) in [6, 6.07) is 7.44. The van der Waals surface area contributed by atoms with Gasteiger partial charge >= 0.3 is 6.61 Å². The predicted octanol–water partition coefficient (Wildman–Crippen LogP) is 2.85. The number of hydrogen-bond donors (Lipinski definition) is 1. The van der Waals surface area contributed by atoms with Crippen molar-refractivity contribution in [2.24, 2.45) is 11.7 Å². The van der Waals surface area contributed by atoms with Gasteiger partial charge in [0.05, 0.1) is 0 Å². The molecule has 0 amide bonds. The normalized spacial score (nSPS) is 24.1. The molecular formula is C15H22F2N2O. The molecule has 1 heterocycles. The molecule has 5 heteroatoms. The number of halogens is 2. The van der Waals surface area contributed by atoms with Gasteiger partial charge in [0.25, 0.3) is 0 Å². The van der Waals surface area contributed by atoms with Crippen LogP contribution < -0.4 is 10.5 Å². The average Bonchev–Trinajstić information content (AvgIpc) is 2.43. The first kappa shape index (κ1) is 15.2. The molecule has 2 atom stereocenters. The maximum absolute atomic E-state index is 12.4. The molecule has 2 unspecified atom stereocenters. The lowest BCUT2D eigenvalue weighted by Gasteiger charge is -2.37. The average molecular weight is 284 g/mol. The van der Waals surface area contributed by atoms with Crippen molar-refractivity contribution in [3.63, 3.8) is 0 Å². The van der Waals surface area contributed by atoms with Gasteiger partial charge in [0, 0.05) is 24.7 Å². The zero-order valence-corrected chi connectivity index (χ0v) is 11.8. The number of rotatable bonds is 5. The van der Waals surface area contributed by atoms with Crippen molar-refractivity contribution in [2.45, 2.75) is 39.0 Å². The first-order valence-electron chi connectivity index (χ1n) is 7.07. The van der Waals surface area contributed by atoms with Crippen LogP contribution >= 0.6 is 0 Å². The molecular weight excluding hydrogens is 262 g/mol. The molecule has 20 heavy (non-hydrogen) atoms. The Hall–Kier alpha value is -1.20. The van der Waals surface area contributed by atoms with Gasteiger partial charge in [-0.05, 0) is 38.3 Å². The summed E-state index contributed by atoms with van der Waals surface area (Å²) in [6.45, 7) is 1.61. The van der Waals surface area contributed by atoms with Gasteiger partial charge in [0.1, 0.15) is 5.75 Å². The minimum absolute atomic E-state index is 0.268. The van der Waals surface area contributed by atoms with Crippen LogP contribution in [0.5, 0.6) is 5.75 Å². The van der Waals surface area contributed by atoms with E-state index in [1.165, 1.54) is 0 Å². The molecule has 0 spiro atoms. The van der Waals surface area contributed by atoms with Gasteiger partial charge in [0.2, 0.25) is 0 Å². The molecule has 3 nitrogen and oxygen atoms in total. The standard InChI is InChI=1S/C15H22F2N2O/c1-11-6-7-12(8-18)9-19(11)10-13-4-2-3-5-14(13)20-15(16)17/h2-5,11-12,15H,6-10,18H2,1H3. The first-order valence-corrected chi connectivity index (χ1v) is 7.07. The van der Waals surface area contributed by atoms with Crippen LogP contribution in [0.1, 0.15) is 25.3 Å². The third-order valence-corrected chi connectivity index (χ3v) is 4.00. The Morgan fingerprint density at radius 1 is 1.35 bits per heavy atom. The molecule has 2 rings (SSSR count). The van der Waals surface area contributed by atoms with Crippen molar-refractivity contribution in [1.82, 2.24) is 4.90 Å². The van der Waals surface area contributed by atoms with Gasteiger partial charge in [-0.25, -0.2) is 0 Å². The summed E-state index contributed by atoms with van der Waals surface area (Å²) in [4.78, 5) is 2.30. The van der Waals surface area contributed by atoms with Crippen LogP contribution in [0.2, 0.25) is 0 Å². The number of piperidine rings is 1. The maximum atomic E-state index is 12.4. The lowest BCUT2D eigenvalue weighted by atomic mass is 9.93. The minimum atomic E-state index is -2.79. The van der Waals surface area contributed by atoms with Gasteiger partial charge < -0.3 is 10.5 Å². The number of benzene rings is 1. The molecule has 1 saturated heterocycles. The fraction of sp³-hybridized carbons (Fsp3) is 0.600. The van der Waals surface area contributed by atoms with E-state index in [1.54, 1.807) is 12.1 Å². The summed E-state index contributed by atoms with van der Waals surface area (Å²) >= 11 is 0. The lowest BCUT2D eigenvalue weighted by Crippen LogP contribution is -2.43. The number of ether oxygens (including phenoxy) is 1. The topological polar surface area (TPSA) is 38.5 Å². The van der Waals surface area contributed by atoms with Gasteiger partial charge in [-0.15, -0.1) is 0 Å². The Balaban J connectivity index is 2.08. The molecule has 0 radical (unpaired) electrons. The predicted molar refractivity (Wildman–Crippen MR) is 74.7 cm³/mol. The van der Waals surface area contributed by atoms with E-state index in [0.29, 0.717) is 25.0 Å². The fourth-order valence-corrected chi connectivity index (χ4v) is 2.74. The molecule has 112 valence electrons. The lowest BCUT2D eigenvalue weighted by molar-refractivity contribution is -0.0510. The van der Waals surface area contributed by atoms with Crippen molar-refractivity contribution in [3.05, 3.63) is 29.8 Å². The molecule has 1 aromatic carbocycles. The highest BCUT2D eigenvalue weighted by Crippen LogP contribution is 2.27. The number of hydrogen-bond acceptors (Lipinski definition) is 3. The van der Waals surface area contributed by atoms with Crippen molar-refractivity contribution < 1.29 is 13.5 Å². The van der Waals surface area contributed by atoms with Gasteiger partial charge in [-0.1, -0.05) is 18.2 Å². The van der Waals surface area contributed by atoms with Crippen LogP contribution in [0.25, 0.3) is 0 Å². The van der Waals surface area contributed by atoms with E-state index in [9.17, 15) is 8.78 Å². The van der Waals surface area contributed by atoms with E-state index in [-0.39, 0.29) is 5.75 Å². The van der Waals surface area contributed by atoms with Gasteiger partial charge in [-0.2, -0.15) is 8.78 Å². The summed E-state index contributed by atoms with van der Waals surface area (Å²) in [5.74, 6) is 0.763. The van der Waals surface area contributed by atoms with Crippen molar-refractivity contribution in [3.8, 4) is 5.75 Å². The molecule has 2 N–H and O–H groups in total. The van der Waals surface area contributed by atoms with Crippen LogP contribution in [-0.4, -0.2) is 30.6 Å². The van der Waals surface area contributed by atoms with Crippen LogP contribution in [-0.2, 0) is 6.54 Å². The second-order valence-electron chi connectivity index (χ2n) is 5.44. The van der Waals surface area contributed by atoms with Crippen LogP contribution in [0.3, 0.4) is 0 Å². The maximum Gasteiger partial charge on any atom is 0.387 e. The van der Waals surface area contributed by atoms with E-state index in [4.69, 9.17) is 5.73 Å². The number of nitrogens with zero attached hydrogens (tertiary/aromatic N) is 1. The zero-order valence-electron chi connectivity index (χ0n) is 11.8. The number of nitrogens with two attached hydrogens (primary N) is 1. The highest BCUT2D eigenvalue weighted by Gasteiger charge is 2.25. The summed E-state index contributed by atoms with van der Waals surface area (Å²) in [6.07, 6.45) is 2.24. The van der Waals surface area contributed by atoms with Gasteiger partial charge in [0.15, 0.2) is 0 Å². The molecule has 0 aromatic heterocycles. The highest BCUT2D eigenvalue weighted by atomic mass is 19.3. The third kappa shape index (κ3) is 3.90. The highest BCUT2D eigenvalue weighted by molar-refractivity contribution is 5.33. The van der Waals surface area contributed by atoms with Crippen LogP contribution in [0, 0.1) is 5.92 Å². The minimum Gasteiger partial charge on any atom is -0.434 e. The van der Waals surface area contributed by atoms with Gasteiger partial charge in [-0.3, -0.25) is 4.90 Å². The van der Waals surface area contributed by atoms with E-state index in [2.05, 4.69) is 16.6 Å². The third-order valence-electron chi connectivity index (χ3n) is 4.00. The molecule has 0 saturated carbocycles. The monoisotopic (exact) mass is 284 g/mol. The van der Waals surface area contributed by atoms with Crippen molar-refractivity contribution >= 4 is 0 Å². The number of para-hydroxylation sites is 1. The quantitative estimate of drug-likeness (QED) is 0.903. The smallest absolute Gasteiger partial charge is 0.387 e. The number of likely N-dealkylation sites (tertiary alicyclic amines) is 1.